The number of methoxy groups -OCH3 is 1. The normalized spacial score (nSPS) is 20.2. The van der Waals surface area contributed by atoms with Crippen molar-refractivity contribution in [1.29, 1.82) is 0 Å². The van der Waals surface area contributed by atoms with Gasteiger partial charge in [0.15, 0.2) is 0 Å². The summed E-state index contributed by atoms with van der Waals surface area (Å²) in [6.07, 6.45) is 3.92. The summed E-state index contributed by atoms with van der Waals surface area (Å²) in [7, 11) is 6.41. The highest BCUT2D eigenvalue weighted by Gasteiger charge is 2.37. The Bertz CT molecular complexity index is 2570. The van der Waals surface area contributed by atoms with E-state index in [2.05, 4.69) is 15.2 Å². The van der Waals surface area contributed by atoms with E-state index in [-0.39, 0.29) is 66.2 Å². The summed E-state index contributed by atoms with van der Waals surface area (Å²) in [6.45, 7) is 3.63. The van der Waals surface area contributed by atoms with Gasteiger partial charge in [-0.3, -0.25) is 24.1 Å². The Morgan fingerprint density at radius 3 is 2.15 bits per heavy atom. The van der Waals surface area contributed by atoms with E-state index in [0.717, 1.165) is 49.2 Å². The molecular weight excluding hydrogens is 916 g/mol. The Labute approximate surface area is 405 Å². The van der Waals surface area contributed by atoms with Crippen LogP contribution < -0.4 is 10.1 Å². The number of nitrogens with zero attached hydrogens (tertiary/aromatic N) is 6. The third kappa shape index (κ3) is 12.0. The molecule has 2 aliphatic rings. The smallest absolute Gasteiger partial charge is 0.247 e. The number of likely N-dealkylation sites (tertiary alicyclic amines) is 1. The number of hydrogen-bond acceptors (Lipinski definition) is 8. The average Bonchev–Trinajstić information content (AvgIpc) is 3.96. The highest BCUT2D eigenvalue weighted by molar-refractivity contribution is 6.31. The second kappa shape index (κ2) is 22.5. The molecule has 1 aromatic heterocycles. The van der Waals surface area contributed by atoms with E-state index >= 15 is 8.78 Å². The standard InChI is InChI=1S/C51H57Cl2F2N7O6/c1-32-49(64)57-43(31-67-5)51(66)59(3)39(22-34-13-16-37(52)17-14-34)29-58(2)50(65)36(21-33-11-7-6-8-12-33)23-47(63)62(32)28-35-15-18-38(53)24-45(35)68-40-25-41(54)48(42(55)26-40)44-27-56-46(60(44)4)30-61-19-9-10-20-61/h6-8,11-18,24-27,32,36,39,43H,9-10,19-23,28-31H2,1-5H3,(H,57,64)/t32-,36+,39+,43-/m0/s1. The van der Waals surface area contributed by atoms with Gasteiger partial charge in [-0.25, -0.2) is 13.8 Å². The van der Waals surface area contributed by atoms with Crippen LogP contribution in [0.3, 0.4) is 0 Å². The molecule has 1 N–H and O–H groups in total. The molecule has 13 nitrogen and oxygen atoms in total. The van der Waals surface area contributed by atoms with Crippen molar-refractivity contribution in [3.05, 3.63) is 135 Å². The molecule has 4 atom stereocenters. The second-order valence-electron chi connectivity index (χ2n) is 17.7. The molecule has 0 radical (unpaired) electrons. The fraction of sp³-hybridized carbons (Fsp3) is 0.392. The van der Waals surface area contributed by atoms with Crippen molar-refractivity contribution < 1.29 is 37.4 Å². The van der Waals surface area contributed by atoms with Gasteiger partial charge in [0.1, 0.15) is 41.0 Å². The molecule has 0 saturated carbocycles. The Kier molecular flexibility index (Phi) is 16.5. The number of amides is 4. The number of nitrogens with one attached hydrogen (secondary N) is 1. The predicted molar refractivity (Wildman–Crippen MR) is 256 cm³/mol. The van der Waals surface area contributed by atoms with Crippen LogP contribution in [0.2, 0.25) is 10.0 Å². The average molecular weight is 973 g/mol. The maximum Gasteiger partial charge on any atom is 0.247 e. The van der Waals surface area contributed by atoms with Crippen molar-refractivity contribution in [3.8, 4) is 22.8 Å². The van der Waals surface area contributed by atoms with Crippen molar-refractivity contribution in [2.45, 2.75) is 70.2 Å². The molecule has 4 aromatic carbocycles. The fourth-order valence-corrected chi connectivity index (χ4v) is 9.22. The van der Waals surface area contributed by atoms with E-state index in [9.17, 15) is 19.2 Å². The van der Waals surface area contributed by atoms with Crippen molar-refractivity contribution in [2.75, 3.05) is 47.4 Å². The molecule has 68 heavy (non-hydrogen) atoms. The molecule has 2 fully saturated rings. The van der Waals surface area contributed by atoms with Gasteiger partial charge in [0.05, 0.1) is 49.1 Å². The summed E-state index contributed by atoms with van der Waals surface area (Å²) in [4.78, 5) is 69.3. The fourth-order valence-electron chi connectivity index (χ4n) is 8.94. The molecule has 5 aromatic rings. The molecule has 0 spiro atoms. The van der Waals surface area contributed by atoms with Crippen LogP contribution in [0, 0.1) is 17.6 Å². The number of likely N-dealkylation sites (N-methyl/N-ethyl adjacent to an activating group) is 2. The van der Waals surface area contributed by atoms with Crippen molar-refractivity contribution >= 4 is 46.8 Å². The Morgan fingerprint density at radius 1 is 0.809 bits per heavy atom. The highest BCUT2D eigenvalue weighted by atomic mass is 35.5. The van der Waals surface area contributed by atoms with Gasteiger partial charge in [0, 0.05) is 69.0 Å². The third-order valence-corrected chi connectivity index (χ3v) is 13.4. The van der Waals surface area contributed by atoms with E-state index in [1.807, 2.05) is 42.5 Å². The quantitative estimate of drug-likeness (QED) is 0.127. The molecule has 2 aliphatic heterocycles. The molecular formula is C51H57Cl2F2N7O6. The number of imidazole rings is 1. The van der Waals surface area contributed by atoms with Gasteiger partial charge in [-0.2, -0.15) is 0 Å². The van der Waals surface area contributed by atoms with E-state index in [1.54, 1.807) is 54.9 Å². The van der Waals surface area contributed by atoms with Crippen LogP contribution in [0.4, 0.5) is 8.78 Å². The van der Waals surface area contributed by atoms with Crippen LogP contribution in [0.15, 0.2) is 91.1 Å². The Balaban J connectivity index is 1.21. The summed E-state index contributed by atoms with van der Waals surface area (Å²) in [6, 6.07) is 20.3. The number of aromatic nitrogens is 2. The van der Waals surface area contributed by atoms with Crippen molar-refractivity contribution in [2.24, 2.45) is 13.0 Å². The van der Waals surface area contributed by atoms with Crippen LogP contribution in [0.5, 0.6) is 11.5 Å². The Hall–Kier alpha value is -5.87. The maximum atomic E-state index is 16.0. The molecule has 0 bridgehead atoms. The van der Waals surface area contributed by atoms with E-state index in [1.165, 1.54) is 36.1 Å². The van der Waals surface area contributed by atoms with E-state index in [4.69, 9.17) is 32.7 Å². The highest BCUT2D eigenvalue weighted by Crippen LogP contribution is 2.35. The van der Waals surface area contributed by atoms with E-state index < -0.39 is 53.4 Å². The van der Waals surface area contributed by atoms with E-state index in [0.29, 0.717) is 29.4 Å². The van der Waals surface area contributed by atoms with Crippen LogP contribution >= 0.6 is 23.2 Å². The first-order valence-corrected chi connectivity index (χ1v) is 23.4. The zero-order chi connectivity index (χ0) is 48.6. The molecule has 3 heterocycles. The monoisotopic (exact) mass is 971 g/mol. The first-order valence-electron chi connectivity index (χ1n) is 22.7. The van der Waals surface area contributed by atoms with Crippen molar-refractivity contribution in [3.63, 3.8) is 0 Å². The zero-order valence-corrected chi connectivity index (χ0v) is 40.4. The van der Waals surface area contributed by atoms with Crippen molar-refractivity contribution in [1.82, 2.24) is 34.5 Å². The molecule has 0 unspecified atom stereocenters. The minimum Gasteiger partial charge on any atom is -0.457 e. The minimum atomic E-state index is -1.22. The lowest BCUT2D eigenvalue weighted by Gasteiger charge is -2.37. The largest absolute Gasteiger partial charge is 0.457 e. The summed E-state index contributed by atoms with van der Waals surface area (Å²) in [5.74, 6) is -4.07. The second-order valence-corrected chi connectivity index (χ2v) is 18.5. The first kappa shape index (κ1) is 50.0. The summed E-state index contributed by atoms with van der Waals surface area (Å²) < 4.78 is 45.3. The number of hydrogen-bond donors (Lipinski definition) is 1. The van der Waals surface area contributed by atoms with Gasteiger partial charge >= 0.3 is 0 Å². The van der Waals surface area contributed by atoms with Crippen LogP contribution in [-0.2, 0) is 56.9 Å². The zero-order valence-electron chi connectivity index (χ0n) is 38.9. The molecule has 360 valence electrons. The number of carbonyl (C=O) groups is 4. The van der Waals surface area contributed by atoms with Gasteiger partial charge in [0.2, 0.25) is 23.6 Å². The SMILES string of the molecule is COC[C@@H]1NC(=O)[C@H](C)N(Cc2ccc(Cl)cc2Oc2cc(F)c(-c3cnc(CN4CCCC4)n3C)c(F)c2)C(=O)C[C@@H](Cc2ccccc2)C(=O)N(C)C[C@@H](Cc2ccc(Cl)cc2)N(C)C1=O. The lowest BCUT2D eigenvalue weighted by molar-refractivity contribution is -0.148. The topological polar surface area (TPSA) is 130 Å². The number of halogens is 4. The molecule has 4 amide bonds. The van der Waals surface area contributed by atoms with Crippen LogP contribution in [0.1, 0.15) is 48.7 Å². The number of carbonyl (C=O) groups excluding carboxylic acids is 4. The van der Waals surface area contributed by atoms with Gasteiger partial charge in [-0.1, -0.05) is 71.7 Å². The predicted octanol–water partition coefficient (Wildman–Crippen LogP) is 7.70. The number of ether oxygens (including phenoxy) is 2. The number of rotatable bonds is 13. The summed E-state index contributed by atoms with van der Waals surface area (Å²) in [5.41, 5.74) is 2.04. The lowest BCUT2D eigenvalue weighted by Crippen LogP contribution is -2.58. The third-order valence-electron chi connectivity index (χ3n) is 12.9. The lowest BCUT2D eigenvalue weighted by atomic mass is 9.93. The minimum absolute atomic E-state index is 0.0646. The van der Waals surface area contributed by atoms with Gasteiger partial charge in [0.25, 0.3) is 0 Å². The Morgan fingerprint density at radius 2 is 1.47 bits per heavy atom. The van der Waals surface area contributed by atoms with Crippen LogP contribution in [-0.4, -0.2) is 118 Å². The summed E-state index contributed by atoms with van der Waals surface area (Å²) >= 11 is 12.7. The molecule has 2 saturated heterocycles. The molecule has 7 rings (SSSR count). The first-order chi connectivity index (χ1) is 32.6. The molecule has 17 heteroatoms. The molecule has 0 aliphatic carbocycles. The maximum absolute atomic E-state index is 16.0. The van der Waals surface area contributed by atoms with Gasteiger partial charge in [-0.15, -0.1) is 0 Å². The van der Waals surface area contributed by atoms with Crippen LogP contribution in [0.25, 0.3) is 11.3 Å². The summed E-state index contributed by atoms with van der Waals surface area (Å²) in [5, 5.41) is 3.61. The van der Waals surface area contributed by atoms with Gasteiger partial charge < -0.3 is 34.1 Å². The number of benzene rings is 4. The van der Waals surface area contributed by atoms with Gasteiger partial charge in [-0.05, 0) is 81.1 Å².